The van der Waals surface area contributed by atoms with Crippen molar-refractivity contribution in [1.82, 2.24) is 5.32 Å². The first-order valence-electron chi connectivity index (χ1n) is 3.54. The van der Waals surface area contributed by atoms with Gasteiger partial charge < -0.3 is 19.1 Å². The molecular weight excluding hydrogens is 213 g/mol. The van der Waals surface area contributed by atoms with E-state index in [4.69, 9.17) is 0 Å². The van der Waals surface area contributed by atoms with Crippen LogP contribution in [0.2, 0.25) is 0 Å². The first-order valence-corrected chi connectivity index (χ1v) is 5.15. The highest BCUT2D eigenvalue weighted by atomic mass is 31.2. The van der Waals surface area contributed by atoms with E-state index in [1.54, 1.807) is 0 Å². The molecule has 14 heavy (non-hydrogen) atoms. The molecule has 1 N–H and O–H groups in total. The maximum absolute atomic E-state index is 11.7. The largest absolute Gasteiger partial charge is 0.467 e. The topological polar surface area (TPSA) is 90.9 Å². The van der Waals surface area contributed by atoms with E-state index in [2.05, 4.69) is 13.8 Å². The normalized spacial score (nSPS) is 13.1. The van der Waals surface area contributed by atoms with Crippen molar-refractivity contribution < 1.29 is 27.9 Å². The van der Waals surface area contributed by atoms with E-state index in [-0.39, 0.29) is 6.41 Å². The minimum absolute atomic E-state index is 0.215. The Morgan fingerprint density at radius 2 is 1.86 bits per heavy atom. The first kappa shape index (κ1) is 13.1. The molecule has 0 aromatic carbocycles. The third kappa shape index (κ3) is 2.80. The van der Waals surface area contributed by atoms with E-state index in [0.717, 1.165) is 21.3 Å². The highest BCUT2D eigenvalue weighted by molar-refractivity contribution is 7.55. The predicted octanol–water partition coefficient (Wildman–Crippen LogP) is -0.283. The van der Waals surface area contributed by atoms with Gasteiger partial charge >= 0.3 is 13.6 Å². The van der Waals surface area contributed by atoms with Gasteiger partial charge in [-0.2, -0.15) is 0 Å². The summed E-state index contributed by atoms with van der Waals surface area (Å²) >= 11 is 0. The zero-order valence-electron chi connectivity index (χ0n) is 8.05. The Morgan fingerprint density at radius 3 is 2.14 bits per heavy atom. The van der Waals surface area contributed by atoms with E-state index < -0.39 is 19.3 Å². The molecule has 82 valence electrons. The van der Waals surface area contributed by atoms with E-state index >= 15 is 0 Å². The van der Waals surface area contributed by atoms with Gasteiger partial charge in [-0.25, -0.2) is 4.79 Å². The fraction of sp³-hybridized carbons (Fsp3) is 0.667. The Morgan fingerprint density at radius 1 is 1.36 bits per heavy atom. The average molecular weight is 225 g/mol. The number of hydrogen-bond acceptors (Lipinski definition) is 6. The number of carbonyl (C=O) groups is 2. The molecule has 8 heteroatoms. The molecule has 0 rings (SSSR count). The van der Waals surface area contributed by atoms with Crippen molar-refractivity contribution in [1.29, 1.82) is 0 Å². The molecule has 0 aromatic heterocycles. The third-order valence-electron chi connectivity index (χ3n) is 1.48. The molecule has 0 saturated heterocycles. The highest BCUT2D eigenvalue weighted by Gasteiger charge is 2.40. The summed E-state index contributed by atoms with van der Waals surface area (Å²) in [6.07, 6.45) is 0.215. The van der Waals surface area contributed by atoms with Crippen LogP contribution in [0.4, 0.5) is 0 Å². The zero-order valence-corrected chi connectivity index (χ0v) is 8.95. The molecule has 0 aliphatic rings. The van der Waals surface area contributed by atoms with E-state index in [1.807, 2.05) is 5.32 Å². The third-order valence-corrected chi connectivity index (χ3v) is 3.49. The van der Waals surface area contributed by atoms with Crippen molar-refractivity contribution in [3.05, 3.63) is 0 Å². The lowest BCUT2D eigenvalue weighted by Gasteiger charge is -2.21. The summed E-state index contributed by atoms with van der Waals surface area (Å²) in [5.41, 5.74) is 0. The second kappa shape index (κ2) is 5.74. The Kier molecular flexibility index (Phi) is 5.37. The Bertz CT molecular complexity index is 247. The number of rotatable bonds is 6. The number of nitrogens with one attached hydrogen (secondary N) is 1. The molecule has 0 spiro atoms. The van der Waals surface area contributed by atoms with Crippen molar-refractivity contribution in [3.63, 3.8) is 0 Å². The summed E-state index contributed by atoms with van der Waals surface area (Å²) < 4.78 is 25.1. The van der Waals surface area contributed by atoms with Crippen LogP contribution in [0.1, 0.15) is 0 Å². The molecule has 0 fully saturated rings. The van der Waals surface area contributed by atoms with Crippen LogP contribution in [-0.2, 0) is 27.9 Å². The summed E-state index contributed by atoms with van der Waals surface area (Å²) in [4.78, 5) is 21.3. The fourth-order valence-electron chi connectivity index (χ4n) is 0.750. The van der Waals surface area contributed by atoms with Crippen LogP contribution in [0.25, 0.3) is 0 Å². The summed E-state index contributed by atoms with van der Waals surface area (Å²) in [7, 11) is -0.395. The lowest BCUT2D eigenvalue weighted by atomic mass is 10.6. The number of amides is 1. The second-order valence-electron chi connectivity index (χ2n) is 2.12. The molecule has 7 nitrogen and oxygen atoms in total. The van der Waals surface area contributed by atoms with E-state index in [1.165, 1.54) is 0 Å². The molecule has 0 aromatic rings. The lowest BCUT2D eigenvalue weighted by molar-refractivity contribution is -0.142. The van der Waals surface area contributed by atoms with Crippen molar-refractivity contribution in [2.45, 2.75) is 5.78 Å². The Labute approximate surface area is 81.2 Å². The molecule has 0 heterocycles. The summed E-state index contributed by atoms with van der Waals surface area (Å²) in [6, 6.07) is 0. The average Bonchev–Trinajstić information content (AvgIpc) is 2.23. The van der Waals surface area contributed by atoms with Gasteiger partial charge in [0.05, 0.1) is 7.11 Å². The van der Waals surface area contributed by atoms with Gasteiger partial charge in [0.2, 0.25) is 12.2 Å². The summed E-state index contributed by atoms with van der Waals surface area (Å²) in [6.45, 7) is 0. The van der Waals surface area contributed by atoms with E-state index in [0.29, 0.717) is 0 Å². The molecule has 0 aliphatic carbocycles. The molecule has 1 atom stereocenters. The first-order chi connectivity index (χ1) is 6.55. The Hall–Kier alpha value is -0.910. The molecule has 0 radical (unpaired) electrons. The molecular formula is C6H12NO6P. The number of carbonyl (C=O) groups excluding carboxylic acids is 2. The molecule has 0 aliphatic heterocycles. The van der Waals surface area contributed by atoms with Crippen LogP contribution < -0.4 is 5.32 Å². The minimum Gasteiger partial charge on any atom is -0.467 e. The number of hydrogen-bond donors (Lipinski definition) is 1. The Balaban J connectivity index is 4.87. The second-order valence-corrected chi connectivity index (χ2v) is 4.44. The summed E-state index contributed by atoms with van der Waals surface area (Å²) in [5, 5.41) is 2.01. The van der Waals surface area contributed by atoms with Crippen molar-refractivity contribution in [2.24, 2.45) is 0 Å². The van der Waals surface area contributed by atoms with Crippen LogP contribution in [0.15, 0.2) is 0 Å². The maximum atomic E-state index is 11.7. The van der Waals surface area contributed by atoms with Crippen molar-refractivity contribution in [2.75, 3.05) is 21.3 Å². The van der Waals surface area contributed by atoms with Crippen LogP contribution >= 0.6 is 7.60 Å². The van der Waals surface area contributed by atoms with Crippen LogP contribution in [-0.4, -0.2) is 39.5 Å². The molecule has 1 unspecified atom stereocenters. The van der Waals surface area contributed by atoms with Gasteiger partial charge in [-0.05, 0) is 0 Å². The number of esters is 1. The van der Waals surface area contributed by atoms with Crippen LogP contribution in [0.3, 0.4) is 0 Å². The molecule has 0 saturated carbocycles. The van der Waals surface area contributed by atoms with Gasteiger partial charge in [0, 0.05) is 14.2 Å². The lowest BCUT2D eigenvalue weighted by Crippen LogP contribution is -2.37. The zero-order chi connectivity index (χ0) is 11.2. The van der Waals surface area contributed by atoms with Crippen LogP contribution in [0, 0.1) is 0 Å². The van der Waals surface area contributed by atoms with Gasteiger partial charge in [-0.3, -0.25) is 9.36 Å². The monoisotopic (exact) mass is 225 g/mol. The van der Waals surface area contributed by atoms with Gasteiger partial charge in [0.1, 0.15) is 0 Å². The smallest absolute Gasteiger partial charge is 0.363 e. The fourth-order valence-corrected chi connectivity index (χ4v) is 1.93. The molecule has 0 bridgehead atoms. The standard InChI is InChI=1S/C6H12NO6P/c1-11-6(9)5(7-4-8)14(10,12-2)13-3/h4-5H,1-3H3,(H,7,8). The van der Waals surface area contributed by atoms with Gasteiger partial charge in [0.15, 0.2) is 0 Å². The SMILES string of the molecule is COC(=O)C(NC=O)P(=O)(OC)OC. The van der Waals surface area contributed by atoms with Crippen molar-refractivity contribution >= 4 is 20.0 Å². The van der Waals surface area contributed by atoms with E-state index in [9.17, 15) is 14.2 Å². The minimum atomic E-state index is -3.70. The van der Waals surface area contributed by atoms with Gasteiger partial charge in [-0.15, -0.1) is 0 Å². The highest BCUT2D eigenvalue weighted by Crippen LogP contribution is 2.50. The maximum Gasteiger partial charge on any atom is 0.363 e. The van der Waals surface area contributed by atoms with Gasteiger partial charge in [0.25, 0.3) is 0 Å². The van der Waals surface area contributed by atoms with Gasteiger partial charge in [-0.1, -0.05) is 0 Å². The predicted molar refractivity (Wildman–Crippen MR) is 46.6 cm³/mol. The molecule has 1 amide bonds. The number of ether oxygens (including phenoxy) is 1. The quantitative estimate of drug-likeness (QED) is 0.379. The van der Waals surface area contributed by atoms with Crippen molar-refractivity contribution in [3.8, 4) is 0 Å². The number of methoxy groups -OCH3 is 1. The summed E-state index contributed by atoms with van der Waals surface area (Å²) in [5.74, 6) is -2.34. The van der Waals surface area contributed by atoms with Crippen LogP contribution in [0.5, 0.6) is 0 Å².